The first-order valence-corrected chi connectivity index (χ1v) is 4.56. The van der Waals surface area contributed by atoms with Crippen LogP contribution in [0.1, 0.15) is 11.1 Å². The predicted octanol–water partition coefficient (Wildman–Crippen LogP) is 2.64. The number of rotatable bonds is 0. The lowest BCUT2D eigenvalue weighted by atomic mass is 10.1. The second kappa shape index (κ2) is 2.67. The van der Waals surface area contributed by atoms with E-state index >= 15 is 0 Å². The van der Waals surface area contributed by atoms with Crippen LogP contribution >= 0.6 is 11.6 Å². The molecule has 0 saturated carbocycles. The van der Waals surface area contributed by atoms with Gasteiger partial charge in [-0.3, -0.25) is 0 Å². The second-order valence-corrected chi connectivity index (χ2v) is 3.84. The SMILES string of the molecule is Cc1cc(Cl)cc2c1N(C)CC2. The van der Waals surface area contributed by atoms with Gasteiger partial charge in [0.2, 0.25) is 0 Å². The van der Waals surface area contributed by atoms with Crippen molar-refractivity contribution in [3.63, 3.8) is 0 Å². The minimum atomic E-state index is 0.863. The van der Waals surface area contributed by atoms with Crippen LogP contribution in [-0.4, -0.2) is 13.6 Å². The minimum absolute atomic E-state index is 0.863. The highest BCUT2D eigenvalue weighted by atomic mass is 35.5. The Bertz CT molecular complexity index is 320. The summed E-state index contributed by atoms with van der Waals surface area (Å²) in [4.78, 5) is 2.29. The van der Waals surface area contributed by atoms with Gasteiger partial charge in [0.05, 0.1) is 0 Å². The molecule has 2 rings (SSSR count). The molecule has 1 aliphatic rings. The van der Waals surface area contributed by atoms with Gasteiger partial charge in [-0.15, -0.1) is 0 Å². The van der Waals surface area contributed by atoms with Gasteiger partial charge < -0.3 is 4.90 Å². The van der Waals surface area contributed by atoms with E-state index in [1.807, 2.05) is 6.07 Å². The molecule has 2 heteroatoms. The molecule has 0 saturated heterocycles. The van der Waals surface area contributed by atoms with E-state index < -0.39 is 0 Å². The summed E-state index contributed by atoms with van der Waals surface area (Å²) in [7, 11) is 2.13. The highest BCUT2D eigenvalue weighted by molar-refractivity contribution is 6.30. The Labute approximate surface area is 77.9 Å². The van der Waals surface area contributed by atoms with Crippen molar-refractivity contribution in [2.45, 2.75) is 13.3 Å². The number of aryl methyl sites for hydroxylation is 1. The molecule has 0 fully saturated rings. The molecule has 0 aromatic heterocycles. The zero-order valence-electron chi connectivity index (χ0n) is 7.39. The molecule has 1 nitrogen and oxygen atoms in total. The maximum Gasteiger partial charge on any atom is 0.0427 e. The standard InChI is InChI=1S/C10H12ClN/c1-7-5-9(11)6-8-3-4-12(2)10(7)8/h5-6H,3-4H2,1-2H3. The molecule has 0 atom stereocenters. The average molecular weight is 182 g/mol. The molecule has 0 bridgehead atoms. The minimum Gasteiger partial charge on any atom is -0.374 e. The van der Waals surface area contributed by atoms with Crippen LogP contribution in [0.3, 0.4) is 0 Å². The summed E-state index contributed by atoms with van der Waals surface area (Å²) in [5.74, 6) is 0. The quantitative estimate of drug-likeness (QED) is 0.595. The van der Waals surface area contributed by atoms with Gasteiger partial charge in [0.1, 0.15) is 0 Å². The van der Waals surface area contributed by atoms with Gasteiger partial charge in [-0.1, -0.05) is 11.6 Å². The Balaban J connectivity index is 2.60. The summed E-state index contributed by atoms with van der Waals surface area (Å²) in [6.45, 7) is 3.24. The van der Waals surface area contributed by atoms with E-state index in [4.69, 9.17) is 11.6 Å². The molecule has 1 heterocycles. The van der Waals surface area contributed by atoms with E-state index in [0.717, 1.165) is 18.0 Å². The molecular formula is C10H12ClN. The van der Waals surface area contributed by atoms with E-state index in [1.165, 1.54) is 16.8 Å². The first kappa shape index (κ1) is 7.93. The molecule has 1 aromatic rings. The molecule has 0 amide bonds. The van der Waals surface area contributed by atoms with Crippen molar-refractivity contribution in [2.75, 3.05) is 18.5 Å². The summed E-state index contributed by atoms with van der Waals surface area (Å²) >= 11 is 5.96. The van der Waals surface area contributed by atoms with Crippen LogP contribution in [0.4, 0.5) is 5.69 Å². The predicted molar refractivity (Wildman–Crippen MR) is 53.2 cm³/mol. The third-order valence-corrected chi connectivity index (χ3v) is 2.66. The molecule has 1 aliphatic heterocycles. The topological polar surface area (TPSA) is 3.24 Å². The van der Waals surface area contributed by atoms with Crippen LogP contribution in [0, 0.1) is 6.92 Å². The Morgan fingerprint density at radius 3 is 2.92 bits per heavy atom. The number of halogens is 1. The third-order valence-electron chi connectivity index (χ3n) is 2.44. The lowest BCUT2D eigenvalue weighted by Crippen LogP contribution is -2.13. The molecule has 0 unspecified atom stereocenters. The molecule has 64 valence electrons. The smallest absolute Gasteiger partial charge is 0.0427 e. The van der Waals surface area contributed by atoms with Crippen LogP contribution in [0.25, 0.3) is 0 Å². The van der Waals surface area contributed by atoms with Crippen LogP contribution in [0.5, 0.6) is 0 Å². The van der Waals surface area contributed by atoms with Gasteiger partial charge in [-0.25, -0.2) is 0 Å². The number of nitrogens with zero attached hydrogens (tertiary/aromatic N) is 1. The molecule has 1 aromatic carbocycles. The number of hydrogen-bond donors (Lipinski definition) is 0. The Morgan fingerprint density at radius 1 is 1.42 bits per heavy atom. The fourth-order valence-electron chi connectivity index (χ4n) is 1.94. The van der Waals surface area contributed by atoms with Gasteiger partial charge >= 0.3 is 0 Å². The molecule has 12 heavy (non-hydrogen) atoms. The summed E-state index contributed by atoms with van der Waals surface area (Å²) in [6, 6.07) is 4.11. The Hall–Kier alpha value is -0.690. The fourth-order valence-corrected chi connectivity index (χ4v) is 2.24. The average Bonchev–Trinajstić information content (AvgIpc) is 2.31. The normalized spacial score (nSPS) is 15.1. The van der Waals surface area contributed by atoms with Crippen molar-refractivity contribution in [2.24, 2.45) is 0 Å². The number of fused-ring (bicyclic) bond motifs is 1. The monoisotopic (exact) mass is 181 g/mol. The van der Waals surface area contributed by atoms with Crippen molar-refractivity contribution in [1.82, 2.24) is 0 Å². The van der Waals surface area contributed by atoms with Crippen LogP contribution in [0.2, 0.25) is 5.02 Å². The zero-order chi connectivity index (χ0) is 8.72. The van der Waals surface area contributed by atoms with Crippen molar-refractivity contribution < 1.29 is 0 Å². The van der Waals surface area contributed by atoms with E-state index in [0.29, 0.717) is 0 Å². The maximum atomic E-state index is 5.96. The van der Waals surface area contributed by atoms with Crippen molar-refractivity contribution in [1.29, 1.82) is 0 Å². The van der Waals surface area contributed by atoms with Crippen LogP contribution in [0.15, 0.2) is 12.1 Å². The Morgan fingerprint density at radius 2 is 2.17 bits per heavy atom. The number of hydrogen-bond acceptors (Lipinski definition) is 1. The van der Waals surface area contributed by atoms with E-state index in [1.54, 1.807) is 0 Å². The highest BCUT2D eigenvalue weighted by Gasteiger charge is 2.17. The molecule has 0 spiro atoms. The number of anilines is 1. The highest BCUT2D eigenvalue weighted by Crippen LogP contribution is 2.32. The maximum absolute atomic E-state index is 5.96. The molecule has 0 radical (unpaired) electrons. The van der Waals surface area contributed by atoms with E-state index in [-0.39, 0.29) is 0 Å². The molecular weight excluding hydrogens is 170 g/mol. The van der Waals surface area contributed by atoms with E-state index in [9.17, 15) is 0 Å². The summed E-state index contributed by atoms with van der Waals surface area (Å²) in [6.07, 6.45) is 1.13. The summed E-state index contributed by atoms with van der Waals surface area (Å²) in [5, 5.41) is 0.863. The second-order valence-electron chi connectivity index (χ2n) is 3.40. The first-order valence-electron chi connectivity index (χ1n) is 4.18. The van der Waals surface area contributed by atoms with Gasteiger partial charge in [-0.2, -0.15) is 0 Å². The van der Waals surface area contributed by atoms with Crippen molar-refractivity contribution in [3.05, 3.63) is 28.3 Å². The van der Waals surface area contributed by atoms with E-state index in [2.05, 4.69) is 24.9 Å². The fraction of sp³-hybridized carbons (Fsp3) is 0.400. The van der Waals surface area contributed by atoms with Crippen molar-refractivity contribution >= 4 is 17.3 Å². The lowest BCUT2D eigenvalue weighted by molar-refractivity contribution is 0.954. The first-order chi connectivity index (χ1) is 5.68. The van der Waals surface area contributed by atoms with Gasteiger partial charge in [-0.05, 0) is 36.6 Å². The van der Waals surface area contributed by atoms with Gasteiger partial charge in [0.15, 0.2) is 0 Å². The Kier molecular flexibility index (Phi) is 1.76. The zero-order valence-corrected chi connectivity index (χ0v) is 8.15. The molecule has 0 N–H and O–H groups in total. The number of benzene rings is 1. The number of likely N-dealkylation sites (N-methyl/N-ethyl adjacent to an activating group) is 1. The lowest BCUT2D eigenvalue weighted by Gasteiger charge is -2.14. The van der Waals surface area contributed by atoms with Crippen molar-refractivity contribution in [3.8, 4) is 0 Å². The largest absolute Gasteiger partial charge is 0.374 e. The third kappa shape index (κ3) is 1.09. The van der Waals surface area contributed by atoms with Gasteiger partial charge in [0, 0.05) is 24.3 Å². The summed E-state index contributed by atoms with van der Waals surface area (Å²) < 4.78 is 0. The van der Waals surface area contributed by atoms with Crippen LogP contribution < -0.4 is 4.90 Å². The molecule has 0 aliphatic carbocycles. The van der Waals surface area contributed by atoms with Crippen LogP contribution in [-0.2, 0) is 6.42 Å². The summed E-state index contributed by atoms with van der Waals surface area (Å²) in [5.41, 5.74) is 4.06. The van der Waals surface area contributed by atoms with Gasteiger partial charge in [0.25, 0.3) is 0 Å².